The smallest absolute Gasteiger partial charge is 0.230 e. The van der Waals surface area contributed by atoms with Crippen LogP contribution in [0, 0.1) is 17.0 Å². The number of hydrogen-bond acceptors (Lipinski definition) is 3. The van der Waals surface area contributed by atoms with Crippen LogP contribution in [0.3, 0.4) is 0 Å². The molecule has 0 aliphatic carbocycles. The maximum absolute atomic E-state index is 13.5. The number of halogens is 2. The minimum absolute atomic E-state index is 0.146. The minimum atomic E-state index is -0.866. The molecule has 1 unspecified atom stereocenters. The molecule has 0 N–H and O–H groups in total. The number of carbonyl (C=O) groups is 1. The third kappa shape index (κ3) is 3.60. The second-order valence-corrected chi connectivity index (χ2v) is 7.84. The lowest BCUT2D eigenvalue weighted by Gasteiger charge is -2.39. The van der Waals surface area contributed by atoms with Gasteiger partial charge in [-0.2, -0.15) is 5.10 Å². The van der Waals surface area contributed by atoms with E-state index in [0.29, 0.717) is 18.7 Å². The highest BCUT2D eigenvalue weighted by Gasteiger charge is 2.48. The summed E-state index contributed by atoms with van der Waals surface area (Å²) in [7, 11) is 1.90. The summed E-state index contributed by atoms with van der Waals surface area (Å²) in [5.41, 5.74) is 1.43. The molecule has 3 heterocycles. The minimum Gasteiger partial charge on any atom is -0.338 e. The van der Waals surface area contributed by atoms with Gasteiger partial charge in [0.1, 0.15) is 0 Å². The molecule has 1 amide bonds. The molecule has 2 saturated heterocycles. The van der Waals surface area contributed by atoms with Crippen molar-refractivity contribution >= 4 is 5.91 Å². The van der Waals surface area contributed by atoms with Crippen molar-refractivity contribution in [2.24, 2.45) is 12.5 Å². The summed E-state index contributed by atoms with van der Waals surface area (Å²) in [6.45, 7) is 3.43. The van der Waals surface area contributed by atoms with Crippen molar-refractivity contribution in [3.05, 3.63) is 53.4 Å². The van der Waals surface area contributed by atoms with Gasteiger partial charge in [0.25, 0.3) is 0 Å². The van der Waals surface area contributed by atoms with Crippen molar-refractivity contribution in [1.29, 1.82) is 0 Å². The van der Waals surface area contributed by atoms with Crippen LogP contribution < -0.4 is 0 Å². The molecule has 144 valence electrons. The van der Waals surface area contributed by atoms with Gasteiger partial charge in [-0.05, 0) is 43.5 Å². The van der Waals surface area contributed by atoms with Crippen LogP contribution in [0.2, 0.25) is 0 Å². The van der Waals surface area contributed by atoms with Crippen LogP contribution in [0.1, 0.15) is 30.4 Å². The molecule has 1 aromatic heterocycles. The molecule has 5 nitrogen and oxygen atoms in total. The second-order valence-electron chi connectivity index (χ2n) is 7.84. The van der Waals surface area contributed by atoms with Crippen LogP contribution in [0.4, 0.5) is 8.78 Å². The van der Waals surface area contributed by atoms with Gasteiger partial charge in [0.05, 0.1) is 11.6 Å². The molecule has 4 rings (SSSR count). The van der Waals surface area contributed by atoms with Crippen molar-refractivity contribution in [3.63, 3.8) is 0 Å². The third-order valence-corrected chi connectivity index (χ3v) is 5.78. The highest BCUT2D eigenvalue weighted by Crippen LogP contribution is 2.41. The topological polar surface area (TPSA) is 41.4 Å². The summed E-state index contributed by atoms with van der Waals surface area (Å²) < 4.78 is 28.4. The predicted octanol–water partition coefficient (Wildman–Crippen LogP) is 2.71. The third-order valence-electron chi connectivity index (χ3n) is 5.78. The number of amides is 1. The monoisotopic (exact) mass is 374 g/mol. The summed E-state index contributed by atoms with van der Waals surface area (Å²) >= 11 is 0. The van der Waals surface area contributed by atoms with E-state index in [1.165, 1.54) is 6.07 Å². The highest BCUT2D eigenvalue weighted by atomic mass is 19.2. The van der Waals surface area contributed by atoms with Gasteiger partial charge in [-0.15, -0.1) is 0 Å². The fourth-order valence-corrected chi connectivity index (χ4v) is 4.45. The van der Waals surface area contributed by atoms with Crippen molar-refractivity contribution in [1.82, 2.24) is 19.6 Å². The molecule has 1 spiro atoms. The molecule has 2 aromatic rings. The number of hydrogen-bond donors (Lipinski definition) is 0. The van der Waals surface area contributed by atoms with Gasteiger partial charge in [0, 0.05) is 45.0 Å². The largest absolute Gasteiger partial charge is 0.338 e. The van der Waals surface area contributed by atoms with Gasteiger partial charge in [-0.3, -0.25) is 14.4 Å². The molecule has 2 fully saturated rings. The quantitative estimate of drug-likeness (QED) is 0.826. The van der Waals surface area contributed by atoms with E-state index < -0.39 is 11.6 Å². The Morgan fingerprint density at radius 3 is 2.70 bits per heavy atom. The number of carbonyl (C=O) groups excluding carboxylic acids is 1. The van der Waals surface area contributed by atoms with Crippen LogP contribution in [0.15, 0.2) is 30.6 Å². The van der Waals surface area contributed by atoms with Crippen LogP contribution in [0.5, 0.6) is 0 Å². The number of likely N-dealkylation sites (tertiary alicyclic amines) is 2. The lowest BCUT2D eigenvalue weighted by atomic mass is 9.78. The molecular weight excluding hydrogens is 350 g/mol. The second kappa shape index (κ2) is 7.03. The molecule has 2 aliphatic heterocycles. The number of piperidine rings is 1. The van der Waals surface area contributed by atoms with E-state index in [1.54, 1.807) is 10.7 Å². The Bertz CT molecular complexity index is 852. The van der Waals surface area contributed by atoms with E-state index in [-0.39, 0.29) is 11.3 Å². The normalized spacial score (nSPS) is 23.5. The van der Waals surface area contributed by atoms with Crippen molar-refractivity contribution in [3.8, 4) is 0 Å². The zero-order valence-electron chi connectivity index (χ0n) is 15.5. The Kier molecular flexibility index (Phi) is 4.72. The lowest BCUT2D eigenvalue weighted by molar-refractivity contribution is -0.146. The van der Waals surface area contributed by atoms with E-state index in [1.807, 2.05) is 24.3 Å². The van der Waals surface area contributed by atoms with Crippen LogP contribution in [0.25, 0.3) is 0 Å². The Balaban J connectivity index is 1.44. The van der Waals surface area contributed by atoms with Gasteiger partial charge >= 0.3 is 0 Å². The first kappa shape index (κ1) is 18.1. The molecule has 0 radical (unpaired) electrons. The van der Waals surface area contributed by atoms with Gasteiger partial charge in [0.15, 0.2) is 11.6 Å². The predicted molar refractivity (Wildman–Crippen MR) is 96.5 cm³/mol. The summed E-state index contributed by atoms with van der Waals surface area (Å²) in [4.78, 5) is 17.3. The summed E-state index contributed by atoms with van der Waals surface area (Å²) in [5, 5.41) is 4.21. The number of aromatic nitrogens is 2. The van der Waals surface area contributed by atoms with E-state index in [9.17, 15) is 13.6 Å². The van der Waals surface area contributed by atoms with Crippen molar-refractivity contribution in [2.45, 2.75) is 32.4 Å². The Morgan fingerprint density at radius 1 is 1.11 bits per heavy atom. The van der Waals surface area contributed by atoms with E-state index in [2.05, 4.69) is 10.00 Å². The fraction of sp³-hybridized carbons (Fsp3) is 0.500. The SMILES string of the molecule is Cn1cc(CN2CCC3(CCCN(Cc4ccc(F)c(F)c4)C3=O)C2)cn1. The molecule has 1 aromatic carbocycles. The first-order valence-corrected chi connectivity index (χ1v) is 9.38. The number of nitrogens with zero attached hydrogens (tertiary/aromatic N) is 4. The van der Waals surface area contributed by atoms with Crippen LogP contribution in [-0.2, 0) is 24.9 Å². The maximum Gasteiger partial charge on any atom is 0.230 e. The first-order chi connectivity index (χ1) is 12.9. The average Bonchev–Trinajstić information content (AvgIpc) is 3.23. The van der Waals surface area contributed by atoms with Gasteiger partial charge < -0.3 is 4.90 Å². The molecule has 27 heavy (non-hydrogen) atoms. The van der Waals surface area contributed by atoms with Gasteiger partial charge in [0.2, 0.25) is 5.91 Å². The molecule has 0 bridgehead atoms. The Hall–Kier alpha value is -2.28. The standard InChI is InChI=1S/C20H24F2N4O/c1-24-11-16(10-23-24)12-25-8-6-20(14-25)5-2-7-26(19(20)27)13-15-3-4-17(21)18(22)9-15/h3-4,9-11H,2,5-8,12-14H2,1H3. The number of benzene rings is 1. The number of rotatable bonds is 4. The van der Waals surface area contributed by atoms with Crippen LogP contribution >= 0.6 is 0 Å². The van der Waals surface area contributed by atoms with Gasteiger partial charge in [-0.25, -0.2) is 8.78 Å². The highest BCUT2D eigenvalue weighted by molar-refractivity contribution is 5.84. The molecule has 7 heteroatoms. The molecule has 2 aliphatic rings. The zero-order valence-corrected chi connectivity index (χ0v) is 15.5. The Morgan fingerprint density at radius 2 is 1.96 bits per heavy atom. The van der Waals surface area contributed by atoms with Crippen LogP contribution in [-0.4, -0.2) is 45.1 Å². The summed E-state index contributed by atoms with van der Waals surface area (Å²) in [6, 6.07) is 3.86. The first-order valence-electron chi connectivity index (χ1n) is 9.38. The summed E-state index contributed by atoms with van der Waals surface area (Å²) in [5.74, 6) is -1.58. The fourth-order valence-electron chi connectivity index (χ4n) is 4.45. The average molecular weight is 374 g/mol. The lowest BCUT2D eigenvalue weighted by Crippen LogP contribution is -2.49. The van der Waals surface area contributed by atoms with Gasteiger partial charge in [-0.1, -0.05) is 6.07 Å². The van der Waals surface area contributed by atoms with Crippen molar-refractivity contribution in [2.75, 3.05) is 19.6 Å². The van der Waals surface area contributed by atoms with E-state index in [4.69, 9.17) is 0 Å². The van der Waals surface area contributed by atoms with E-state index in [0.717, 1.165) is 50.5 Å². The molecule has 0 saturated carbocycles. The summed E-state index contributed by atoms with van der Waals surface area (Å²) in [6.07, 6.45) is 6.55. The zero-order chi connectivity index (χ0) is 19.0. The molecular formula is C20H24F2N4O. The number of aryl methyl sites for hydroxylation is 1. The van der Waals surface area contributed by atoms with Crippen molar-refractivity contribution < 1.29 is 13.6 Å². The Labute approximate surface area is 157 Å². The maximum atomic E-state index is 13.5. The van der Waals surface area contributed by atoms with E-state index >= 15 is 0 Å². The molecule has 1 atom stereocenters.